The van der Waals surface area contributed by atoms with Gasteiger partial charge in [0.25, 0.3) is 5.89 Å². The zero-order valence-electron chi connectivity index (χ0n) is 14.3. The molecule has 2 aromatic heterocycles. The van der Waals surface area contributed by atoms with Crippen LogP contribution in [0.2, 0.25) is 5.02 Å². The van der Waals surface area contributed by atoms with Gasteiger partial charge in [0, 0.05) is 17.8 Å². The molecule has 3 aromatic rings. The summed E-state index contributed by atoms with van der Waals surface area (Å²) >= 11 is 5.98. The second kappa shape index (κ2) is 7.38. The third-order valence-corrected chi connectivity index (χ3v) is 6.61. The highest BCUT2D eigenvalue weighted by molar-refractivity contribution is 7.89. The summed E-state index contributed by atoms with van der Waals surface area (Å²) in [6, 6.07) is 11.1. The minimum absolute atomic E-state index is 0.159. The standard InChI is InChI=1S/C18H17ClN4O3S/c19-13-6-5-7-14(12-13)27(24,25)23-11-4-2-9-16(23)18-22-21-17(26-18)15-8-1-3-10-20-15/h1,3,5-8,10,12,16H,2,4,9,11H2/t16-/m0/s1. The molecular weight excluding hydrogens is 388 g/mol. The van der Waals surface area contributed by atoms with E-state index in [0.717, 1.165) is 12.8 Å². The Labute approximate surface area is 162 Å². The van der Waals surface area contributed by atoms with Crippen LogP contribution in [0.3, 0.4) is 0 Å². The van der Waals surface area contributed by atoms with Gasteiger partial charge in [-0.15, -0.1) is 10.2 Å². The summed E-state index contributed by atoms with van der Waals surface area (Å²) in [7, 11) is -3.73. The molecule has 0 spiro atoms. The lowest BCUT2D eigenvalue weighted by Gasteiger charge is -2.32. The van der Waals surface area contributed by atoms with E-state index in [1.807, 2.05) is 6.07 Å². The van der Waals surface area contributed by atoms with Gasteiger partial charge < -0.3 is 4.42 Å². The summed E-state index contributed by atoms with van der Waals surface area (Å²) < 4.78 is 33.5. The lowest BCUT2D eigenvalue weighted by Crippen LogP contribution is -2.38. The third kappa shape index (κ3) is 3.60. The molecule has 0 N–H and O–H groups in total. The van der Waals surface area contributed by atoms with Crippen LogP contribution >= 0.6 is 11.6 Å². The second-order valence-corrected chi connectivity index (χ2v) is 8.57. The molecule has 4 rings (SSSR count). The molecule has 0 radical (unpaired) electrons. The monoisotopic (exact) mass is 404 g/mol. The van der Waals surface area contributed by atoms with Gasteiger partial charge in [-0.2, -0.15) is 4.31 Å². The highest BCUT2D eigenvalue weighted by Gasteiger charge is 2.37. The first-order chi connectivity index (χ1) is 13.1. The number of halogens is 1. The van der Waals surface area contributed by atoms with Crippen molar-refractivity contribution in [2.24, 2.45) is 0 Å². The Hall–Kier alpha value is -2.29. The molecule has 0 bridgehead atoms. The van der Waals surface area contributed by atoms with Crippen molar-refractivity contribution in [3.8, 4) is 11.6 Å². The van der Waals surface area contributed by atoms with Gasteiger partial charge in [-0.05, 0) is 43.2 Å². The fraction of sp³-hybridized carbons (Fsp3) is 0.278. The molecule has 0 amide bonds. The summed E-state index contributed by atoms with van der Waals surface area (Å²) in [5.41, 5.74) is 0.552. The SMILES string of the molecule is O=S(=O)(c1cccc(Cl)c1)N1CCCC[C@H]1c1nnc(-c2ccccn2)o1. The quantitative estimate of drug-likeness (QED) is 0.658. The van der Waals surface area contributed by atoms with E-state index in [9.17, 15) is 8.42 Å². The van der Waals surface area contributed by atoms with Crippen LogP contribution in [-0.4, -0.2) is 34.4 Å². The Bertz CT molecular complexity index is 1040. The summed E-state index contributed by atoms with van der Waals surface area (Å²) in [5.74, 6) is 0.553. The average molecular weight is 405 g/mol. The molecule has 0 saturated carbocycles. The third-order valence-electron chi connectivity index (χ3n) is 4.47. The lowest BCUT2D eigenvalue weighted by molar-refractivity contribution is 0.220. The smallest absolute Gasteiger partial charge is 0.266 e. The molecule has 27 heavy (non-hydrogen) atoms. The summed E-state index contributed by atoms with van der Waals surface area (Å²) in [5, 5.41) is 8.52. The first kappa shape index (κ1) is 18.1. The van der Waals surface area contributed by atoms with Gasteiger partial charge in [0.15, 0.2) is 0 Å². The van der Waals surface area contributed by atoms with Gasteiger partial charge in [0.2, 0.25) is 15.9 Å². The predicted octanol–water partition coefficient (Wildman–Crippen LogP) is 3.70. The predicted molar refractivity (Wildman–Crippen MR) is 99.5 cm³/mol. The maximum Gasteiger partial charge on any atom is 0.266 e. The van der Waals surface area contributed by atoms with Crippen molar-refractivity contribution in [3.63, 3.8) is 0 Å². The molecular formula is C18H17ClN4O3S. The molecule has 1 aliphatic rings. The van der Waals surface area contributed by atoms with E-state index in [0.29, 0.717) is 23.7 Å². The van der Waals surface area contributed by atoms with E-state index < -0.39 is 16.1 Å². The molecule has 7 nitrogen and oxygen atoms in total. The topological polar surface area (TPSA) is 89.2 Å². The number of aromatic nitrogens is 3. The van der Waals surface area contributed by atoms with Gasteiger partial charge in [0.1, 0.15) is 11.7 Å². The molecule has 1 saturated heterocycles. The van der Waals surface area contributed by atoms with E-state index in [4.69, 9.17) is 16.0 Å². The summed E-state index contributed by atoms with van der Waals surface area (Å²) in [6.45, 7) is 0.390. The van der Waals surface area contributed by atoms with Gasteiger partial charge in [0.05, 0.1) is 4.90 Å². The first-order valence-corrected chi connectivity index (χ1v) is 10.4. The zero-order valence-corrected chi connectivity index (χ0v) is 15.9. The molecule has 9 heteroatoms. The van der Waals surface area contributed by atoms with E-state index >= 15 is 0 Å². The Morgan fingerprint density at radius 2 is 2.00 bits per heavy atom. The van der Waals surface area contributed by atoms with Crippen LogP contribution in [0.4, 0.5) is 0 Å². The van der Waals surface area contributed by atoms with Gasteiger partial charge in [-0.3, -0.25) is 4.98 Å². The second-order valence-electron chi connectivity index (χ2n) is 6.25. The number of rotatable bonds is 4. The van der Waals surface area contributed by atoms with Crippen LogP contribution < -0.4 is 0 Å². The fourth-order valence-corrected chi connectivity index (χ4v) is 5.12. The van der Waals surface area contributed by atoms with Crippen molar-refractivity contribution < 1.29 is 12.8 Å². The largest absolute Gasteiger partial charge is 0.417 e. The van der Waals surface area contributed by atoms with Crippen LogP contribution in [0.15, 0.2) is 58.0 Å². The van der Waals surface area contributed by atoms with E-state index in [1.54, 1.807) is 36.5 Å². The molecule has 0 aliphatic carbocycles. The Morgan fingerprint density at radius 3 is 2.78 bits per heavy atom. The minimum atomic E-state index is -3.73. The van der Waals surface area contributed by atoms with Crippen molar-refractivity contribution in [2.75, 3.05) is 6.54 Å². The van der Waals surface area contributed by atoms with Crippen LogP contribution in [0.1, 0.15) is 31.2 Å². The van der Waals surface area contributed by atoms with Crippen molar-refractivity contribution in [2.45, 2.75) is 30.2 Å². The molecule has 1 aromatic carbocycles. The maximum atomic E-state index is 13.2. The van der Waals surface area contributed by atoms with Crippen molar-refractivity contribution in [1.29, 1.82) is 0 Å². The number of piperidine rings is 1. The van der Waals surface area contributed by atoms with Crippen molar-refractivity contribution >= 4 is 21.6 Å². The van der Waals surface area contributed by atoms with Crippen molar-refractivity contribution in [3.05, 3.63) is 59.6 Å². The van der Waals surface area contributed by atoms with Gasteiger partial charge >= 0.3 is 0 Å². The normalized spacial score (nSPS) is 18.5. The van der Waals surface area contributed by atoms with Crippen molar-refractivity contribution in [1.82, 2.24) is 19.5 Å². The van der Waals surface area contributed by atoms with Crippen LogP contribution in [-0.2, 0) is 10.0 Å². The molecule has 1 aliphatic heterocycles. The van der Waals surface area contributed by atoms with E-state index in [2.05, 4.69) is 15.2 Å². The summed E-state index contributed by atoms with van der Waals surface area (Å²) in [6.07, 6.45) is 3.91. The molecule has 1 atom stereocenters. The number of pyridine rings is 1. The number of benzene rings is 1. The number of hydrogen-bond donors (Lipinski definition) is 0. The number of sulfonamides is 1. The van der Waals surface area contributed by atoms with Crippen LogP contribution in [0, 0.1) is 0 Å². The lowest BCUT2D eigenvalue weighted by atomic mass is 10.1. The average Bonchev–Trinajstić information content (AvgIpc) is 3.19. The number of nitrogens with zero attached hydrogens (tertiary/aromatic N) is 4. The summed E-state index contributed by atoms with van der Waals surface area (Å²) in [4.78, 5) is 4.35. The maximum absolute atomic E-state index is 13.2. The minimum Gasteiger partial charge on any atom is -0.417 e. The Morgan fingerprint density at radius 1 is 1.11 bits per heavy atom. The van der Waals surface area contributed by atoms with Crippen LogP contribution in [0.5, 0.6) is 0 Å². The zero-order chi connectivity index (χ0) is 18.9. The van der Waals surface area contributed by atoms with Gasteiger partial charge in [-0.25, -0.2) is 8.42 Å². The molecule has 0 unspecified atom stereocenters. The van der Waals surface area contributed by atoms with Gasteiger partial charge in [-0.1, -0.05) is 30.2 Å². The highest BCUT2D eigenvalue weighted by atomic mass is 35.5. The Balaban J connectivity index is 1.68. The fourth-order valence-electron chi connectivity index (χ4n) is 3.16. The van der Waals surface area contributed by atoms with E-state index in [-0.39, 0.29) is 16.7 Å². The first-order valence-electron chi connectivity index (χ1n) is 8.58. The Kier molecular flexibility index (Phi) is 4.94. The number of hydrogen-bond acceptors (Lipinski definition) is 6. The van der Waals surface area contributed by atoms with E-state index in [1.165, 1.54) is 10.4 Å². The van der Waals surface area contributed by atoms with Crippen LogP contribution in [0.25, 0.3) is 11.6 Å². The molecule has 140 valence electrons. The highest BCUT2D eigenvalue weighted by Crippen LogP contribution is 2.36. The molecule has 3 heterocycles. The molecule has 1 fully saturated rings.